The lowest BCUT2D eigenvalue weighted by Gasteiger charge is -2.07. The van der Waals surface area contributed by atoms with Crippen molar-refractivity contribution >= 4 is 0 Å². The molecule has 78 valence electrons. The number of hydrogen-bond acceptors (Lipinski definition) is 3. The Morgan fingerprint density at radius 1 is 1.33 bits per heavy atom. The highest BCUT2D eigenvalue weighted by atomic mass is 15.1. The van der Waals surface area contributed by atoms with Gasteiger partial charge in [-0.2, -0.15) is 0 Å². The fraction of sp³-hybridized carbons (Fsp3) is 0.273. The zero-order valence-corrected chi connectivity index (χ0v) is 8.72. The Morgan fingerprint density at radius 3 is 2.73 bits per heavy atom. The maximum absolute atomic E-state index is 5.57. The zero-order valence-electron chi connectivity index (χ0n) is 8.72. The van der Waals surface area contributed by atoms with Gasteiger partial charge in [-0.25, -0.2) is 4.98 Å². The number of nitrogens with zero attached hydrogens (tertiary/aromatic N) is 3. The molecule has 2 heterocycles. The standard InChI is InChI=1S/C11H14N4/c1-9-8-14-11(15(9)7-4-12)10-2-5-13-6-3-10/h2-3,5-6,8H,4,7,12H2,1H3. The summed E-state index contributed by atoms with van der Waals surface area (Å²) < 4.78 is 2.12. The van der Waals surface area contributed by atoms with E-state index in [1.54, 1.807) is 12.4 Å². The molecule has 0 radical (unpaired) electrons. The number of imidazole rings is 1. The van der Waals surface area contributed by atoms with Gasteiger partial charge in [-0.05, 0) is 19.1 Å². The van der Waals surface area contributed by atoms with Crippen LogP contribution >= 0.6 is 0 Å². The quantitative estimate of drug-likeness (QED) is 0.814. The predicted octanol–water partition coefficient (Wildman–Crippen LogP) is 1.21. The van der Waals surface area contributed by atoms with Crippen LogP contribution in [-0.2, 0) is 6.54 Å². The van der Waals surface area contributed by atoms with E-state index < -0.39 is 0 Å². The number of pyridine rings is 1. The summed E-state index contributed by atoms with van der Waals surface area (Å²) in [7, 11) is 0. The van der Waals surface area contributed by atoms with Crippen molar-refractivity contribution in [3.05, 3.63) is 36.4 Å². The Kier molecular flexibility index (Phi) is 2.78. The molecule has 0 fully saturated rings. The molecule has 2 aromatic rings. The second kappa shape index (κ2) is 4.23. The van der Waals surface area contributed by atoms with Gasteiger partial charge in [0.1, 0.15) is 5.82 Å². The van der Waals surface area contributed by atoms with Crippen LogP contribution in [-0.4, -0.2) is 21.1 Å². The Morgan fingerprint density at radius 2 is 2.07 bits per heavy atom. The van der Waals surface area contributed by atoms with Gasteiger partial charge in [0.25, 0.3) is 0 Å². The first-order valence-corrected chi connectivity index (χ1v) is 4.95. The topological polar surface area (TPSA) is 56.7 Å². The molecule has 0 atom stereocenters. The van der Waals surface area contributed by atoms with Crippen molar-refractivity contribution < 1.29 is 0 Å². The highest BCUT2D eigenvalue weighted by Gasteiger charge is 2.07. The summed E-state index contributed by atoms with van der Waals surface area (Å²) in [4.78, 5) is 8.38. The average molecular weight is 202 g/mol. The second-order valence-corrected chi connectivity index (χ2v) is 3.40. The zero-order chi connectivity index (χ0) is 10.7. The highest BCUT2D eigenvalue weighted by Crippen LogP contribution is 2.17. The van der Waals surface area contributed by atoms with Gasteiger partial charge in [-0.15, -0.1) is 0 Å². The smallest absolute Gasteiger partial charge is 0.140 e. The minimum Gasteiger partial charge on any atom is -0.329 e. The van der Waals surface area contributed by atoms with Crippen molar-refractivity contribution in [2.75, 3.05) is 6.54 Å². The lowest BCUT2D eigenvalue weighted by molar-refractivity contribution is 0.696. The fourth-order valence-corrected chi connectivity index (χ4v) is 1.60. The van der Waals surface area contributed by atoms with Crippen molar-refractivity contribution in [3.8, 4) is 11.4 Å². The van der Waals surface area contributed by atoms with E-state index in [-0.39, 0.29) is 0 Å². The van der Waals surface area contributed by atoms with E-state index in [2.05, 4.69) is 14.5 Å². The Bertz CT molecular complexity index is 433. The van der Waals surface area contributed by atoms with Gasteiger partial charge in [-0.3, -0.25) is 4.98 Å². The molecule has 0 bridgehead atoms. The molecule has 4 heteroatoms. The monoisotopic (exact) mass is 202 g/mol. The number of hydrogen-bond donors (Lipinski definition) is 1. The second-order valence-electron chi connectivity index (χ2n) is 3.40. The van der Waals surface area contributed by atoms with E-state index in [0.717, 1.165) is 23.6 Å². The van der Waals surface area contributed by atoms with Crippen LogP contribution in [0.3, 0.4) is 0 Å². The largest absolute Gasteiger partial charge is 0.329 e. The summed E-state index contributed by atoms with van der Waals surface area (Å²) in [5.74, 6) is 0.959. The van der Waals surface area contributed by atoms with E-state index in [9.17, 15) is 0 Å². The normalized spacial score (nSPS) is 10.5. The average Bonchev–Trinajstić information content (AvgIpc) is 2.63. The molecule has 2 aromatic heterocycles. The number of aromatic nitrogens is 3. The van der Waals surface area contributed by atoms with E-state index in [1.807, 2.05) is 25.3 Å². The molecular weight excluding hydrogens is 188 g/mol. The number of nitrogens with two attached hydrogens (primary N) is 1. The summed E-state index contributed by atoms with van der Waals surface area (Å²) in [6.07, 6.45) is 5.41. The summed E-state index contributed by atoms with van der Waals surface area (Å²) in [6, 6.07) is 3.91. The van der Waals surface area contributed by atoms with Crippen LogP contribution in [0.1, 0.15) is 5.69 Å². The first kappa shape index (κ1) is 9.86. The Labute approximate surface area is 88.8 Å². The molecule has 15 heavy (non-hydrogen) atoms. The van der Waals surface area contributed by atoms with E-state index in [0.29, 0.717) is 6.54 Å². The van der Waals surface area contributed by atoms with Crippen molar-refractivity contribution in [1.82, 2.24) is 14.5 Å². The Balaban J connectivity index is 2.44. The van der Waals surface area contributed by atoms with Crippen LogP contribution < -0.4 is 5.73 Å². The molecular formula is C11H14N4. The van der Waals surface area contributed by atoms with Gasteiger partial charge in [0.05, 0.1) is 0 Å². The van der Waals surface area contributed by atoms with Crippen LogP contribution in [0.15, 0.2) is 30.7 Å². The van der Waals surface area contributed by atoms with Crippen LogP contribution in [0, 0.1) is 6.92 Å². The fourth-order valence-electron chi connectivity index (χ4n) is 1.60. The molecule has 4 nitrogen and oxygen atoms in total. The minimum absolute atomic E-state index is 0.620. The SMILES string of the molecule is Cc1cnc(-c2ccncc2)n1CCN. The molecule has 2 rings (SSSR count). The van der Waals surface area contributed by atoms with Crippen molar-refractivity contribution in [1.29, 1.82) is 0 Å². The molecule has 0 saturated carbocycles. The van der Waals surface area contributed by atoms with Gasteiger partial charge in [0.2, 0.25) is 0 Å². The Hall–Kier alpha value is -1.68. The van der Waals surface area contributed by atoms with Crippen molar-refractivity contribution in [3.63, 3.8) is 0 Å². The van der Waals surface area contributed by atoms with E-state index in [4.69, 9.17) is 5.73 Å². The summed E-state index contributed by atoms with van der Waals surface area (Å²) in [5, 5.41) is 0. The minimum atomic E-state index is 0.620. The molecule has 0 saturated heterocycles. The molecule has 0 aliphatic heterocycles. The van der Waals surface area contributed by atoms with Crippen LogP contribution in [0.2, 0.25) is 0 Å². The highest BCUT2D eigenvalue weighted by molar-refractivity contribution is 5.54. The van der Waals surface area contributed by atoms with E-state index >= 15 is 0 Å². The molecule has 0 unspecified atom stereocenters. The third-order valence-electron chi connectivity index (χ3n) is 2.35. The number of aryl methyl sites for hydroxylation is 1. The summed E-state index contributed by atoms with van der Waals surface area (Å²) in [5.41, 5.74) is 7.78. The predicted molar refractivity (Wildman–Crippen MR) is 59.2 cm³/mol. The summed E-state index contributed by atoms with van der Waals surface area (Å²) in [6.45, 7) is 3.45. The molecule has 0 aliphatic carbocycles. The molecule has 0 aliphatic rings. The van der Waals surface area contributed by atoms with Gasteiger partial charge in [-0.1, -0.05) is 0 Å². The third-order valence-corrected chi connectivity index (χ3v) is 2.35. The summed E-state index contributed by atoms with van der Waals surface area (Å²) >= 11 is 0. The van der Waals surface area contributed by atoms with Gasteiger partial charge in [0, 0.05) is 42.9 Å². The molecule has 0 spiro atoms. The van der Waals surface area contributed by atoms with Crippen molar-refractivity contribution in [2.45, 2.75) is 13.5 Å². The van der Waals surface area contributed by atoms with Crippen LogP contribution in [0.5, 0.6) is 0 Å². The van der Waals surface area contributed by atoms with Gasteiger partial charge >= 0.3 is 0 Å². The first-order valence-electron chi connectivity index (χ1n) is 4.95. The maximum atomic E-state index is 5.57. The molecule has 2 N–H and O–H groups in total. The maximum Gasteiger partial charge on any atom is 0.140 e. The lowest BCUT2D eigenvalue weighted by atomic mass is 10.2. The first-order chi connectivity index (χ1) is 7.33. The van der Waals surface area contributed by atoms with Crippen molar-refractivity contribution in [2.24, 2.45) is 5.73 Å². The third kappa shape index (κ3) is 1.89. The molecule has 0 aromatic carbocycles. The van der Waals surface area contributed by atoms with Crippen LogP contribution in [0.4, 0.5) is 0 Å². The van der Waals surface area contributed by atoms with E-state index in [1.165, 1.54) is 0 Å². The lowest BCUT2D eigenvalue weighted by Crippen LogP contribution is -2.12. The van der Waals surface area contributed by atoms with Crippen LogP contribution in [0.25, 0.3) is 11.4 Å². The van der Waals surface area contributed by atoms with Gasteiger partial charge < -0.3 is 10.3 Å². The number of rotatable bonds is 3. The molecule has 0 amide bonds. The van der Waals surface area contributed by atoms with Gasteiger partial charge in [0.15, 0.2) is 0 Å².